The molecule has 3 rings (SSSR count). The number of amides is 2. The molecule has 1 aliphatic heterocycles. The van der Waals surface area contributed by atoms with Crippen LogP contribution in [0.15, 0.2) is 0 Å². The van der Waals surface area contributed by atoms with E-state index < -0.39 is 5.97 Å². The van der Waals surface area contributed by atoms with Crippen LogP contribution in [0.25, 0.3) is 0 Å². The van der Waals surface area contributed by atoms with Crippen LogP contribution in [-0.4, -0.2) is 35.8 Å². The van der Waals surface area contributed by atoms with E-state index in [4.69, 9.17) is 4.74 Å². The van der Waals surface area contributed by atoms with Crippen LogP contribution >= 0.6 is 0 Å². The maximum absolute atomic E-state index is 12.2. The van der Waals surface area contributed by atoms with E-state index in [9.17, 15) is 14.4 Å². The van der Waals surface area contributed by atoms with Crippen molar-refractivity contribution < 1.29 is 19.1 Å². The molecule has 98 valence electrons. The minimum Gasteiger partial charge on any atom is -0.465 e. The summed E-state index contributed by atoms with van der Waals surface area (Å²) >= 11 is 0. The second-order valence-electron chi connectivity index (χ2n) is 5.45. The van der Waals surface area contributed by atoms with Gasteiger partial charge < -0.3 is 4.74 Å². The molecule has 0 radical (unpaired) electrons. The van der Waals surface area contributed by atoms with Gasteiger partial charge in [-0.25, -0.2) is 0 Å². The van der Waals surface area contributed by atoms with E-state index in [0.29, 0.717) is 11.8 Å². The first-order chi connectivity index (χ1) is 8.63. The number of ether oxygens (including phenoxy) is 1. The van der Waals surface area contributed by atoms with E-state index in [0.717, 1.165) is 24.2 Å². The fourth-order valence-corrected chi connectivity index (χ4v) is 3.96. The zero-order valence-corrected chi connectivity index (χ0v) is 10.4. The number of carbonyl (C=O) groups excluding carboxylic acids is 3. The van der Waals surface area contributed by atoms with Crippen LogP contribution in [0, 0.1) is 23.7 Å². The van der Waals surface area contributed by atoms with Gasteiger partial charge in [-0.05, 0) is 38.0 Å². The predicted molar refractivity (Wildman–Crippen MR) is 61.2 cm³/mol. The molecule has 0 spiro atoms. The zero-order valence-electron chi connectivity index (χ0n) is 10.4. The maximum Gasteiger partial charge on any atom is 0.326 e. The second kappa shape index (κ2) is 4.07. The van der Waals surface area contributed by atoms with Crippen LogP contribution in [0.1, 0.15) is 26.2 Å². The minimum atomic E-state index is -0.494. The molecular weight excluding hydrogens is 234 g/mol. The van der Waals surface area contributed by atoms with Crippen molar-refractivity contribution in [2.45, 2.75) is 26.2 Å². The Morgan fingerprint density at radius 3 is 2.28 bits per heavy atom. The highest BCUT2D eigenvalue weighted by atomic mass is 16.5. The van der Waals surface area contributed by atoms with E-state index in [-0.39, 0.29) is 36.8 Å². The predicted octanol–water partition coefficient (Wildman–Crippen LogP) is 0.581. The number of rotatable bonds is 3. The largest absolute Gasteiger partial charge is 0.465 e. The Kier molecular flexibility index (Phi) is 2.64. The van der Waals surface area contributed by atoms with Crippen molar-refractivity contribution in [3.63, 3.8) is 0 Å². The third-order valence-corrected chi connectivity index (χ3v) is 4.61. The molecule has 0 unspecified atom stereocenters. The van der Waals surface area contributed by atoms with Gasteiger partial charge in [0.25, 0.3) is 0 Å². The molecule has 0 N–H and O–H groups in total. The fraction of sp³-hybridized carbons (Fsp3) is 0.769. The summed E-state index contributed by atoms with van der Waals surface area (Å²) in [6, 6.07) is 0. The van der Waals surface area contributed by atoms with Crippen LogP contribution in [0.3, 0.4) is 0 Å². The lowest BCUT2D eigenvalue weighted by atomic mass is 9.81. The quantitative estimate of drug-likeness (QED) is 0.543. The Bertz CT molecular complexity index is 391. The van der Waals surface area contributed by atoms with Crippen molar-refractivity contribution in [2.24, 2.45) is 23.7 Å². The average Bonchev–Trinajstić information content (AvgIpc) is 2.99. The summed E-state index contributed by atoms with van der Waals surface area (Å²) in [5.41, 5.74) is 0. The summed E-state index contributed by atoms with van der Waals surface area (Å²) in [7, 11) is 0. The maximum atomic E-state index is 12.2. The number of nitrogens with zero attached hydrogens (tertiary/aromatic N) is 1. The first-order valence-electron chi connectivity index (χ1n) is 6.64. The van der Waals surface area contributed by atoms with Gasteiger partial charge in [0.05, 0.1) is 18.4 Å². The molecular formula is C13H17NO4. The van der Waals surface area contributed by atoms with Crippen LogP contribution in [0.4, 0.5) is 0 Å². The molecule has 2 aliphatic carbocycles. The number of hydrogen-bond acceptors (Lipinski definition) is 4. The van der Waals surface area contributed by atoms with E-state index in [1.165, 1.54) is 0 Å². The van der Waals surface area contributed by atoms with Crippen molar-refractivity contribution in [1.29, 1.82) is 0 Å². The summed E-state index contributed by atoms with van der Waals surface area (Å²) in [5.74, 6) is -0.356. The van der Waals surface area contributed by atoms with E-state index >= 15 is 0 Å². The lowest BCUT2D eigenvalue weighted by Crippen LogP contribution is -2.37. The molecule has 5 nitrogen and oxygen atoms in total. The SMILES string of the molecule is CCOC(=O)CN1C(=O)[C@@H]2[C@H]3CC[C@H](C3)[C@@H]2C1=O. The third kappa shape index (κ3) is 1.49. The Balaban J connectivity index is 1.76. The molecule has 2 amide bonds. The minimum absolute atomic E-state index is 0.148. The zero-order chi connectivity index (χ0) is 12.9. The fourth-order valence-electron chi connectivity index (χ4n) is 3.96. The Morgan fingerprint density at radius 2 is 1.78 bits per heavy atom. The molecule has 3 fully saturated rings. The highest BCUT2D eigenvalue weighted by Crippen LogP contribution is 2.55. The Labute approximate surface area is 105 Å². The summed E-state index contributed by atoms with van der Waals surface area (Å²) in [6.07, 6.45) is 3.12. The molecule has 1 saturated heterocycles. The van der Waals surface area contributed by atoms with Gasteiger partial charge in [0, 0.05) is 0 Å². The molecule has 2 saturated carbocycles. The van der Waals surface area contributed by atoms with E-state index in [1.54, 1.807) is 6.92 Å². The summed E-state index contributed by atoms with van der Waals surface area (Å²) in [4.78, 5) is 37.0. The first-order valence-corrected chi connectivity index (χ1v) is 6.64. The first kappa shape index (κ1) is 11.7. The molecule has 5 heteroatoms. The second-order valence-corrected chi connectivity index (χ2v) is 5.45. The number of esters is 1. The van der Waals surface area contributed by atoms with Crippen LogP contribution < -0.4 is 0 Å². The molecule has 3 aliphatic rings. The van der Waals surface area contributed by atoms with E-state index in [2.05, 4.69) is 0 Å². The van der Waals surface area contributed by atoms with Gasteiger partial charge in [-0.2, -0.15) is 0 Å². The normalized spacial score (nSPS) is 37.3. The van der Waals surface area contributed by atoms with Gasteiger partial charge in [0.2, 0.25) is 11.8 Å². The van der Waals surface area contributed by atoms with Gasteiger partial charge in [-0.15, -0.1) is 0 Å². The van der Waals surface area contributed by atoms with E-state index in [1.807, 2.05) is 0 Å². The van der Waals surface area contributed by atoms with Gasteiger partial charge in [0.1, 0.15) is 6.54 Å². The van der Waals surface area contributed by atoms with Crippen molar-refractivity contribution in [3.8, 4) is 0 Å². The van der Waals surface area contributed by atoms with Gasteiger partial charge in [0.15, 0.2) is 0 Å². The van der Waals surface area contributed by atoms with Crippen LogP contribution in [-0.2, 0) is 19.1 Å². The van der Waals surface area contributed by atoms with Gasteiger partial charge >= 0.3 is 5.97 Å². The average molecular weight is 251 g/mol. The lowest BCUT2D eigenvalue weighted by molar-refractivity contribution is -0.153. The van der Waals surface area contributed by atoms with Crippen LogP contribution in [0.2, 0.25) is 0 Å². The van der Waals surface area contributed by atoms with Crippen molar-refractivity contribution in [2.75, 3.05) is 13.2 Å². The van der Waals surface area contributed by atoms with Gasteiger partial charge in [-0.3, -0.25) is 19.3 Å². The number of likely N-dealkylation sites (tertiary alicyclic amines) is 1. The molecule has 1 heterocycles. The Morgan fingerprint density at radius 1 is 1.22 bits per heavy atom. The number of imide groups is 1. The van der Waals surface area contributed by atoms with Crippen molar-refractivity contribution >= 4 is 17.8 Å². The standard InChI is InChI=1S/C13H17NO4/c1-2-18-9(15)6-14-12(16)10-7-3-4-8(5-7)11(10)13(14)17/h7-8,10-11H,2-6H2,1H3/t7-,8+,10+,11-. The van der Waals surface area contributed by atoms with Crippen molar-refractivity contribution in [3.05, 3.63) is 0 Å². The molecule has 4 atom stereocenters. The highest BCUT2D eigenvalue weighted by molar-refractivity contribution is 6.07. The smallest absolute Gasteiger partial charge is 0.326 e. The number of carbonyl (C=O) groups is 3. The summed E-state index contributed by atoms with van der Waals surface area (Å²) in [5, 5.41) is 0. The summed E-state index contributed by atoms with van der Waals surface area (Å²) < 4.78 is 4.81. The molecule has 0 aromatic rings. The molecule has 0 aromatic carbocycles. The highest BCUT2D eigenvalue weighted by Gasteiger charge is 2.61. The lowest BCUT2D eigenvalue weighted by Gasteiger charge is -2.19. The topological polar surface area (TPSA) is 63.7 Å². The summed E-state index contributed by atoms with van der Waals surface area (Å²) in [6.45, 7) is 1.77. The monoisotopic (exact) mass is 251 g/mol. The number of hydrogen-bond donors (Lipinski definition) is 0. The molecule has 0 aromatic heterocycles. The number of fused-ring (bicyclic) bond motifs is 5. The van der Waals surface area contributed by atoms with Crippen molar-refractivity contribution in [1.82, 2.24) is 4.90 Å². The van der Waals surface area contributed by atoms with Gasteiger partial charge in [-0.1, -0.05) is 0 Å². The molecule has 18 heavy (non-hydrogen) atoms. The molecule has 2 bridgehead atoms. The third-order valence-electron chi connectivity index (χ3n) is 4.61. The Hall–Kier alpha value is -1.39. The van der Waals surface area contributed by atoms with Crippen LogP contribution in [0.5, 0.6) is 0 Å².